The molecule has 0 unspecified atom stereocenters. The van der Waals surface area contributed by atoms with E-state index in [2.05, 4.69) is 40.7 Å². The van der Waals surface area contributed by atoms with Gasteiger partial charge in [0.2, 0.25) is 11.6 Å². The zero-order valence-corrected chi connectivity index (χ0v) is 21.4. The number of para-hydroxylation sites is 1. The van der Waals surface area contributed by atoms with Gasteiger partial charge in [-0.2, -0.15) is 9.78 Å². The van der Waals surface area contributed by atoms with Crippen molar-refractivity contribution in [3.05, 3.63) is 71.0 Å². The fourth-order valence-electron chi connectivity index (χ4n) is 3.95. The van der Waals surface area contributed by atoms with E-state index in [4.69, 9.17) is 19.9 Å². The average Bonchev–Trinajstić information content (AvgIpc) is 3.60. The number of aromatic nitrogens is 5. The first-order valence-electron chi connectivity index (χ1n) is 12.2. The highest BCUT2D eigenvalue weighted by molar-refractivity contribution is 5.96. The van der Waals surface area contributed by atoms with Gasteiger partial charge in [0.1, 0.15) is 5.69 Å². The number of rotatable bonds is 9. The van der Waals surface area contributed by atoms with E-state index in [0.29, 0.717) is 55.4 Å². The van der Waals surface area contributed by atoms with Crippen molar-refractivity contribution in [3.8, 4) is 17.3 Å². The first-order valence-corrected chi connectivity index (χ1v) is 12.2. The second-order valence-corrected chi connectivity index (χ2v) is 8.49. The van der Waals surface area contributed by atoms with Crippen LogP contribution in [0.4, 0.5) is 5.82 Å². The number of ether oxygens (including phenoxy) is 3. The van der Waals surface area contributed by atoms with Crippen molar-refractivity contribution in [3.63, 3.8) is 0 Å². The number of hydrazone groups is 1. The van der Waals surface area contributed by atoms with Crippen molar-refractivity contribution in [1.29, 1.82) is 0 Å². The molecule has 1 aliphatic rings. The van der Waals surface area contributed by atoms with Crippen molar-refractivity contribution < 1.29 is 28.4 Å². The fraction of sp³-hybridized carbons (Fsp3) is 0.240. The lowest BCUT2D eigenvalue weighted by atomic mass is 10.2. The molecule has 0 spiro atoms. The summed E-state index contributed by atoms with van der Waals surface area (Å²) in [6.07, 6.45) is 1.33. The van der Waals surface area contributed by atoms with E-state index in [-0.39, 0.29) is 23.1 Å². The normalized spacial score (nSPS) is 13.8. The van der Waals surface area contributed by atoms with E-state index in [1.165, 1.54) is 13.3 Å². The molecule has 15 heteroatoms. The molecule has 2 aromatic heterocycles. The Labute approximate surface area is 227 Å². The number of morpholine rings is 1. The molecular weight excluding hydrogens is 522 g/mol. The molecule has 0 atom stereocenters. The van der Waals surface area contributed by atoms with Crippen LogP contribution in [0.2, 0.25) is 0 Å². The van der Waals surface area contributed by atoms with Crippen LogP contribution < -0.4 is 20.6 Å². The number of amides is 1. The minimum atomic E-state index is -0.641. The van der Waals surface area contributed by atoms with Gasteiger partial charge in [-0.1, -0.05) is 29.5 Å². The van der Waals surface area contributed by atoms with Crippen molar-refractivity contribution in [2.24, 2.45) is 5.10 Å². The quantitative estimate of drug-likeness (QED) is 0.132. The Morgan fingerprint density at radius 1 is 1.12 bits per heavy atom. The lowest BCUT2D eigenvalue weighted by Gasteiger charge is -2.25. The van der Waals surface area contributed by atoms with Gasteiger partial charge in [0, 0.05) is 25.2 Å². The van der Waals surface area contributed by atoms with Gasteiger partial charge in [-0.3, -0.25) is 9.69 Å². The van der Waals surface area contributed by atoms with Gasteiger partial charge in [-0.15, -0.1) is 5.10 Å². The van der Waals surface area contributed by atoms with Crippen LogP contribution in [0.15, 0.2) is 58.3 Å². The molecule has 1 fully saturated rings. The number of nitrogen functional groups attached to an aromatic ring is 1. The number of benzene rings is 2. The maximum atomic E-state index is 13.4. The van der Waals surface area contributed by atoms with Gasteiger partial charge in [0.25, 0.3) is 5.91 Å². The van der Waals surface area contributed by atoms with E-state index >= 15 is 0 Å². The Morgan fingerprint density at radius 2 is 1.93 bits per heavy atom. The molecule has 1 saturated heterocycles. The van der Waals surface area contributed by atoms with Crippen LogP contribution in [0.3, 0.4) is 0 Å². The van der Waals surface area contributed by atoms with Gasteiger partial charge in [-0.05, 0) is 34.6 Å². The van der Waals surface area contributed by atoms with Crippen molar-refractivity contribution in [2.45, 2.75) is 6.54 Å². The van der Waals surface area contributed by atoms with Crippen LogP contribution in [-0.4, -0.2) is 81.7 Å². The molecule has 40 heavy (non-hydrogen) atoms. The Hall–Kier alpha value is -5.15. The molecule has 1 amide bonds. The number of methoxy groups -OCH3 is 1. The monoisotopic (exact) mass is 547 g/mol. The number of nitrogens with one attached hydrogen (secondary N) is 1. The maximum Gasteiger partial charge on any atom is 0.343 e. The number of hydrogen-bond donors (Lipinski definition) is 2. The minimum absolute atomic E-state index is 0.0118. The van der Waals surface area contributed by atoms with Crippen LogP contribution in [0, 0.1) is 0 Å². The van der Waals surface area contributed by atoms with E-state index in [1.807, 2.05) is 0 Å². The summed E-state index contributed by atoms with van der Waals surface area (Å²) in [4.78, 5) is 28.1. The zero-order valence-electron chi connectivity index (χ0n) is 21.4. The number of nitrogens with two attached hydrogens (primary N) is 1. The summed E-state index contributed by atoms with van der Waals surface area (Å²) in [6.45, 7) is 2.80. The highest BCUT2D eigenvalue weighted by Gasteiger charge is 2.27. The summed E-state index contributed by atoms with van der Waals surface area (Å²) in [6, 6.07) is 13.5. The van der Waals surface area contributed by atoms with Crippen molar-refractivity contribution in [2.75, 3.05) is 39.1 Å². The Morgan fingerprint density at radius 3 is 2.65 bits per heavy atom. The summed E-state index contributed by atoms with van der Waals surface area (Å²) in [7, 11) is 1.45. The van der Waals surface area contributed by atoms with E-state index in [1.54, 1.807) is 48.5 Å². The Bertz CT molecular complexity index is 1510. The molecule has 206 valence electrons. The topological polar surface area (TPSA) is 185 Å². The third-order valence-electron chi connectivity index (χ3n) is 5.93. The predicted octanol–water partition coefficient (Wildman–Crippen LogP) is 1.06. The summed E-state index contributed by atoms with van der Waals surface area (Å²) in [5, 5.41) is 19.6. The van der Waals surface area contributed by atoms with Gasteiger partial charge in [-0.25, -0.2) is 14.8 Å². The van der Waals surface area contributed by atoms with E-state index in [0.717, 1.165) is 4.68 Å². The van der Waals surface area contributed by atoms with E-state index < -0.39 is 11.9 Å². The molecule has 0 bridgehead atoms. The van der Waals surface area contributed by atoms with Gasteiger partial charge in [0.15, 0.2) is 17.2 Å². The molecule has 0 saturated carbocycles. The van der Waals surface area contributed by atoms with Gasteiger partial charge >= 0.3 is 5.97 Å². The largest absolute Gasteiger partial charge is 0.493 e. The predicted molar refractivity (Wildman–Crippen MR) is 139 cm³/mol. The lowest BCUT2D eigenvalue weighted by molar-refractivity contribution is 0.0335. The number of carbonyl (C=O) groups excluding carboxylic acids is 2. The maximum absolute atomic E-state index is 13.4. The molecule has 2 aromatic carbocycles. The third kappa shape index (κ3) is 5.79. The second-order valence-electron chi connectivity index (χ2n) is 8.49. The lowest BCUT2D eigenvalue weighted by Crippen LogP contribution is -2.36. The van der Waals surface area contributed by atoms with Crippen molar-refractivity contribution in [1.82, 2.24) is 35.6 Å². The zero-order chi connectivity index (χ0) is 27.9. The highest BCUT2D eigenvalue weighted by Crippen LogP contribution is 2.31. The second kappa shape index (κ2) is 12.1. The molecule has 5 rings (SSSR count). The summed E-state index contributed by atoms with van der Waals surface area (Å²) >= 11 is 0. The molecule has 3 N–H and O–H groups in total. The Kier molecular flexibility index (Phi) is 8.03. The molecule has 15 nitrogen and oxygen atoms in total. The molecule has 3 heterocycles. The molecular formula is C25H25N9O6. The van der Waals surface area contributed by atoms with Crippen LogP contribution in [0.25, 0.3) is 5.82 Å². The van der Waals surface area contributed by atoms with Gasteiger partial charge in [0.05, 0.1) is 32.1 Å². The van der Waals surface area contributed by atoms with Crippen LogP contribution >= 0.6 is 0 Å². The van der Waals surface area contributed by atoms with Crippen molar-refractivity contribution >= 4 is 23.9 Å². The molecule has 0 aliphatic carbocycles. The van der Waals surface area contributed by atoms with Crippen LogP contribution in [-0.2, 0) is 11.3 Å². The molecule has 4 aromatic rings. The smallest absolute Gasteiger partial charge is 0.343 e. The average molecular weight is 548 g/mol. The number of anilines is 1. The Balaban J connectivity index is 1.39. The summed E-state index contributed by atoms with van der Waals surface area (Å²) < 4.78 is 22.2. The van der Waals surface area contributed by atoms with Gasteiger partial charge < -0.3 is 19.9 Å². The first kappa shape index (κ1) is 26.5. The summed E-state index contributed by atoms with van der Waals surface area (Å²) in [5.41, 5.74) is 9.47. The number of hydrogen-bond acceptors (Lipinski definition) is 13. The SMILES string of the molecule is COc1cccc(/C=N/NC(=O)c2c(CN3CCOCC3)nnn2-c2nonc2N)c1OC(=O)c1ccccc1. The number of esters is 1. The van der Waals surface area contributed by atoms with Crippen LogP contribution in [0.1, 0.15) is 32.1 Å². The molecule has 1 aliphatic heterocycles. The standard InChI is InChI=1S/C25H25N9O6/c1-37-19-9-5-8-17(21(19)39-25(36)16-6-3-2-4-7-16)14-27-29-24(35)20-18(15-33-10-12-38-13-11-33)28-32-34(20)23-22(26)30-40-31-23/h2-9,14H,10-13,15H2,1H3,(H2,26,30)(H,29,35)/b27-14+. The highest BCUT2D eigenvalue weighted by atomic mass is 16.6. The number of carbonyl (C=O) groups is 2. The number of nitrogens with zero attached hydrogens (tertiary/aromatic N) is 7. The van der Waals surface area contributed by atoms with Crippen LogP contribution in [0.5, 0.6) is 11.5 Å². The minimum Gasteiger partial charge on any atom is -0.493 e. The first-order chi connectivity index (χ1) is 19.5. The third-order valence-corrected chi connectivity index (χ3v) is 5.93. The van der Waals surface area contributed by atoms with E-state index in [9.17, 15) is 9.59 Å². The molecule has 0 radical (unpaired) electrons. The summed E-state index contributed by atoms with van der Waals surface area (Å²) in [5.74, 6) is -0.830. The fourth-order valence-corrected chi connectivity index (χ4v) is 3.95.